The van der Waals surface area contributed by atoms with Gasteiger partial charge in [-0.1, -0.05) is 13.0 Å². The molecule has 21 heavy (non-hydrogen) atoms. The number of nitriles is 1. The molecule has 108 valence electrons. The van der Waals surface area contributed by atoms with Gasteiger partial charge in [-0.25, -0.2) is 9.37 Å². The van der Waals surface area contributed by atoms with E-state index in [9.17, 15) is 4.39 Å². The van der Waals surface area contributed by atoms with Crippen molar-refractivity contribution in [1.82, 2.24) is 4.98 Å². The van der Waals surface area contributed by atoms with Gasteiger partial charge >= 0.3 is 0 Å². The van der Waals surface area contributed by atoms with Crippen molar-refractivity contribution in [3.63, 3.8) is 0 Å². The Morgan fingerprint density at radius 3 is 2.95 bits per heavy atom. The van der Waals surface area contributed by atoms with Crippen LogP contribution in [0, 0.1) is 17.1 Å². The fraction of sp³-hybridized carbons (Fsp3) is 0.250. The van der Waals surface area contributed by atoms with E-state index in [1.54, 1.807) is 6.20 Å². The zero-order chi connectivity index (χ0) is 15.1. The van der Waals surface area contributed by atoms with Crippen molar-refractivity contribution >= 4 is 5.82 Å². The largest absolute Gasteiger partial charge is 0.486 e. The summed E-state index contributed by atoms with van der Waals surface area (Å²) in [5, 5.41) is 11.9. The summed E-state index contributed by atoms with van der Waals surface area (Å²) in [5.74, 6) is 0.328. The fourth-order valence-electron chi connectivity index (χ4n) is 1.80. The number of anilines is 1. The Kier molecular flexibility index (Phi) is 5.10. The molecule has 0 aliphatic rings. The van der Waals surface area contributed by atoms with E-state index in [-0.39, 0.29) is 17.9 Å². The Morgan fingerprint density at radius 2 is 2.24 bits per heavy atom. The average molecular weight is 285 g/mol. The minimum absolute atomic E-state index is 0.124. The quantitative estimate of drug-likeness (QED) is 0.882. The number of nitrogens with zero attached hydrogens (tertiary/aromatic N) is 2. The monoisotopic (exact) mass is 285 g/mol. The number of aromatic nitrogens is 1. The fourth-order valence-corrected chi connectivity index (χ4v) is 1.80. The van der Waals surface area contributed by atoms with E-state index in [2.05, 4.69) is 17.2 Å². The van der Waals surface area contributed by atoms with E-state index in [1.807, 2.05) is 18.2 Å². The van der Waals surface area contributed by atoms with Crippen molar-refractivity contribution in [2.24, 2.45) is 0 Å². The zero-order valence-corrected chi connectivity index (χ0v) is 11.8. The van der Waals surface area contributed by atoms with Crippen molar-refractivity contribution < 1.29 is 9.13 Å². The molecule has 0 unspecified atom stereocenters. The Morgan fingerprint density at radius 1 is 1.38 bits per heavy atom. The number of hydrogen-bond acceptors (Lipinski definition) is 4. The van der Waals surface area contributed by atoms with Crippen molar-refractivity contribution in [1.29, 1.82) is 5.26 Å². The molecule has 0 bridgehead atoms. The number of halogens is 1. The zero-order valence-electron chi connectivity index (χ0n) is 11.8. The van der Waals surface area contributed by atoms with Crippen LogP contribution in [-0.4, -0.2) is 11.5 Å². The van der Waals surface area contributed by atoms with Crippen LogP contribution in [0.2, 0.25) is 0 Å². The summed E-state index contributed by atoms with van der Waals surface area (Å²) in [7, 11) is 0. The normalized spacial score (nSPS) is 9.95. The number of hydrogen-bond donors (Lipinski definition) is 1. The van der Waals surface area contributed by atoms with Gasteiger partial charge in [0, 0.05) is 18.3 Å². The lowest BCUT2D eigenvalue weighted by atomic mass is 10.2. The van der Waals surface area contributed by atoms with Gasteiger partial charge in [0.1, 0.15) is 12.4 Å². The van der Waals surface area contributed by atoms with Crippen molar-refractivity contribution in [2.75, 3.05) is 11.9 Å². The molecule has 1 aromatic carbocycles. The van der Waals surface area contributed by atoms with Crippen molar-refractivity contribution in [3.05, 3.63) is 53.5 Å². The van der Waals surface area contributed by atoms with Gasteiger partial charge in [-0.05, 0) is 30.7 Å². The summed E-state index contributed by atoms with van der Waals surface area (Å²) in [5.41, 5.74) is 1.13. The van der Waals surface area contributed by atoms with Gasteiger partial charge in [0.05, 0.1) is 11.6 Å². The first kappa shape index (κ1) is 14.8. The number of rotatable bonds is 6. The lowest BCUT2D eigenvalue weighted by Crippen LogP contribution is -2.07. The van der Waals surface area contributed by atoms with E-state index in [0.29, 0.717) is 0 Å². The van der Waals surface area contributed by atoms with Crippen LogP contribution in [0.15, 0.2) is 36.5 Å². The van der Waals surface area contributed by atoms with Gasteiger partial charge in [-0.3, -0.25) is 0 Å². The first-order chi connectivity index (χ1) is 10.2. The topological polar surface area (TPSA) is 57.9 Å². The van der Waals surface area contributed by atoms with Crippen molar-refractivity contribution in [2.45, 2.75) is 20.0 Å². The maximum absolute atomic E-state index is 13.7. The summed E-state index contributed by atoms with van der Waals surface area (Å²) in [6.45, 7) is 3.09. The number of ether oxygens (including phenoxy) is 1. The smallest absolute Gasteiger partial charge is 0.166 e. The number of nitrogens with one attached hydrogen (secondary N) is 1. The van der Waals surface area contributed by atoms with Gasteiger partial charge < -0.3 is 10.1 Å². The molecule has 1 heterocycles. The van der Waals surface area contributed by atoms with Crippen LogP contribution in [0.4, 0.5) is 10.2 Å². The molecular formula is C16H16FN3O. The minimum atomic E-state index is -0.541. The molecule has 0 atom stereocenters. The lowest BCUT2D eigenvalue weighted by molar-refractivity contribution is 0.290. The van der Waals surface area contributed by atoms with Crippen LogP contribution in [-0.2, 0) is 6.61 Å². The Labute approximate surface area is 123 Å². The molecule has 2 rings (SSSR count). The molecule has 0 saturated carbocycles. The molecular weight excluding hydrogens is 269 g/mol. The van der Waals surface area contributed by atoms with E-state index >= 15 is 0 Å². The van der Waals surface area contributed by atoms with Crippen LogP contribution < -0.4 is 10.1 Å². The summed E-state index contributed by atoms with van der Waals surface area (Å²) >= 11 is 0. The van der Waals surface area contributed by atoms with E-state index in [1.165, 1.54) is 12.1 Å². The van der Waals surface area contributed by atoms with E-state index < -0.39 is 5.82 Å². The van der Waals surface area contributed by atoms with Crippen molar-refractivity contribution in [3.8, 4) is 11.8 Å². The van der Waals surface area contributed by atoms with Crippen LogP contribution in [0.5, 0.6) is 5.75 Å². The molecule has 2 aromatic rings. The maximum Gasteiger partial charge on any atom is 0.166 e. The molecule has 0 radical (unpaired) electrons. The number of benzene rings is 1. The highest BCUT2D eigenvalue weighted by Gasteiger charge is 2.07. The van der Waals surface area contributed by atoms with Gasteiger partial charge in [0.2, 0.25) is 0 Å². The van der Waals surface area contributed by atoms with Gasteiger partial charge in [-0.15, -0.1) is 0 Å². The van der Waals surface area contributed by atoms with Crippen LogP contribution in [0.25, 0.3) is 0 Å². The predicted octanol–water partition coefficient (Wildman–Crippen LogP) is 3.49. The summed E-state index contributed by atoms with van der Waals surface area (Å²) in [4.78, 5) is 4.25. The molecule has 1 N–H and O–H groups in total. The standard InChI is InChI=1S/C16H16FN3O/c1-2-7-19-16-13(4-3-8-20-16)11-21-15-6-5-12(10-18)9-14(15)17/h3-6,8-9H,2,7,11H2,1H3,(H,19,20). The van der Waals surface area contributed by atoms with Gasteiger partial charge in [-0.2, -0.15) is 5.26 Å². The highest BCUT2D eigenvalue weighted by atomic mass is 19.1. The first-order valence-corrected chi connectivity index (χ1v) is 6.74. The number of pyridine rings is 1. The second-order valence-corrected chi connectivity index (χ2v) is 4.48. The third kappa shape index (κ3) is 3.93. The molecule has 0 spiro atoms. The SMILES string of the molecule is CCCNc1ncccc1COc1ccc(C#N)cc1F. The second kappa shape index (κ2) is 7.25. The van der Waals surface area contributed by atoms with Gasteiger partial charge in [0.25, 0.3) is 0 Å². The highest BCUT2D eigenvalue weighted by Crippen LogP contribution is 2.21. The molecule has 4 nitrogen and oxygen atoms in total. The molecule has 0 aliphatic carbocycles. The summed E-state index contributed by atoms with van der Waals surface area (Å²) < 4.78 is 19.2. The van der Waals surface area contributed by atoms with Crippen LogP contribution in [0.1, 0.15) is 24.5 Å². The van der Waals surface area contributed by atoms with Crippen LogP contribution >= 0.6 is 0 Å². The first-order valence-electron chi connectivity index (χ1n) is 6.74. The van der Waals surface area contributed by atoms with E-state index in [0.717, 1.165) is 30.4 Å². The average Bonchev–Trinajstić information content (AvgIpc) is 2.52. The lowest BCUT2D eigenvalue weighted by Gasteiger charge is -2.12. The molecule has 0 amide bonds. The maximum atomic E-state index is 13.7. The predicted molar refractivity (Wildman–Crippen MR) is 78.5 cm³/mol. The third-order valence-corrected chi connectivity index (χ3v) is 2.88. The third-order valence-electron chi connectivity index (χ3n) is 2.88. The highest BCUT2D eigenvalue weighted by molar-refractivity contribution is 5.43. The summed E-state index contributed by atoms with van der Waals surface area (Å²) in [6.07, 6.45) is 2.69. The van der Waals surface area contributed by atoms with Crippen LogP contribution in [0.3, 0.4) is 0 Å². The molecule has 0 saturated heterocycles. The Hall–Kier alpha value is -2.61. The molecule has 0 aliphatic heterocycles. The molecule has 1 aromatic heterocycles. The van der Waals surface area contributed by atoms with E-state index in [4.69, 9.17) is 10.00 Å². The van der Waals surface area contributed by atoms with Gasteiger partial charge in [0.15, 0.2) is 11.6 Å². The summed E-state index contributed by atoms with van der Waals surface area (Å²) in [6, 6.07) is 9.73. The Bertz CT molecular complexity index is 652. The molecule has 0 fully saturated rings. The molecule has 5 heteroatoms. The minimum Gasteiger partial charge on any atom is -0.486 e. The Balaban J connectivity index is 2.08. The second-order valence-electron chi connectivity index (χ2n) is 4.48.